The van der Waals surface area contributed by atoms with Crippen LogP contribution in [0.25, 0.3) is 0 Å². The van der Waals surface area contributed by atoms with Gasteiger partial charge in [0.1, 0.15) is 11.6 Å². The topological polar surface area (TPSA) is 98.2 Å². The molecule has 0 aliphatic carbocycles. The van der Waals surface area contributed by atoms with Crippen LogP contribution in [0.4, 0.5) is 11.5 Å². The van der Waals surface area contributed by atoms with Gasteiger partial charge in [-0.1, -0.05) is 26.0 Å². The molecule has 1 fully saturated rings. The van der Waals surface area contributed by atoms with Crippen LogP contribution in [-0.2, 0) is 22.4 Å². The summed E-state index contributed by atoms with van der Waals surface area (Å²) in [7, 11) is 0. The lowest BCUT2D eigenvalue weighted by Crippen LogP contribution is -2.27. The van der Waals surface area contributed by atoms with Gasteiger partial charge >= 0.3 is 0 Å². The number of aromatic nitrogens is 2. The molecule has 2 aromatic rings. The van der Waals surface area contributed by atoms with Crippen molar-refractivity contribution in [2.24, 2.45) is 5.92 Å². The molecule has 0 spiro atoms. The number of nitrogens with one attached hydrogen (secondary N) is 1. The van der Waals surface area contributed by atoms with Crippen LogP contribution < -0.4 is 15.3 Å². The van der Waals surface area contributed by atoms with Crippen molar-refractivity contribution < 1.29 is 14.7 Å². The highest BCUT2D eigenvalue weighted by atomic mass is 16.4. The molecule has 2 heterocycles. The van der Waals surface area contributed by atoms with Crippen molar-refractivity contribution in [3.63, 3.8) is 0 Å². The molecule has 0 bridgehead atoms. The van der Waals surface area contributed by atoms with Gasteiger partial charge in [0.15, 0.2) is 0 Å². The van der Waals surface area contributed by atoms with Crippen LogP contribution >= 0.6 is 0 Å². The zero-order valence-corrected chi connectivity index (χ0v) is 17.0. The molecule has 29 heavy (non-hydrogen) atoms. The molecule has 1 amide bonds. The van der Waals surface area contributed by atoms with Gasteiger partial charge in [-0.25, -0.2) is 9.97 Å². The summed E-state index contributed by atoms with van der Waals surface area (Å²) in [5, 5.41) is 14.0. The molecule has 7 nitrogen and oxygen atoms in total. The Morgan fingerprint density at radius 3 is 2.48 bits per heavy atom. The zero-order chi connectivity index (χ0) is 20.8. The molecule has 1 aromatic carbocycles. The third-order valence-electron chi connectivity index (χ3n) is 4.83. The molecule has 0 atom stereocenters. The fraction of sp³-hybridized carbons (Fsp3) is 0.455. The number of carboxylic acid groups (broad SMARTS) is 1. The van der Waals surface area contributed by atoms with Gasteiger partial charge in [-0.05, 0) is 36.5 Å². The van der Waals surface area contributed by atoms with Crippen LogP contribution in [0.1, 0.15) is 50.1 Å². The van der Waals surface area contributed by atoms with E-state index in [1.807, 2.05) is 38.1 Å². The summed E-state index contributed by atoms with van der Waals surface area (Å²) in [4.78, 5) is 34.1. The molecule has 1 aliphatic rings. The summed E-state index contributed by atoms with van der Waals surface area (Å²) < 4.78 is 0. The number of aliphatic carboxylic acids is 1. The van der Waals surface area contributed by atoms with E-state index in [1.54, 1.807) is 6.20 Å². The molecule has 1 aromatic heterocycles. The van der Waals surface area contributed by atoms with E-state index in [-0.39, 0.29) is 12.3 Å². The Labute approximate surface area is 171 Å². The molecule has 0 saturated carbocycles. The lowest BCUT2D eigenvalue weighted by Gasteiger charge is -2.20. The number of hydrogen-bond donors (Lipinski definition) is 1. The van der Waals surface area contributed by atoms with Gasteiger partial charge in [-0.2, -0.15) is 0 Å². The number of carbonyl (C=O) groups excluding carboxylic acids is 2. The molecule has 7 heteroatoms. The fourth-order valence-electron chi connectivity index (χ4n) is 3.47. The van der Waals surface area contributed by atoms with Gasteiger partial charge in [0.25, 0.3) is 0 Å². The third kappa shape index (κ3) is 6.01. The number of anilines is 2. The Bertz CT molecular complexity index is 859. The van der Waals surface area contributed by atoms with E-state index in [1.165, 1.54) is 0 Å². The molecule has 1 saturated heterocycles. The molecule has 1 N–H and O–H groups in total. The summed E-state index contributed by atoms with van der Waals surface area (Å²) >= 11 is 0. The maximum atomic E-state index is 11.9. The highest BCUT2D eigenvalue weighted by Gasteiger charge is 2.18. The monoisotopic (exact) mass is 395 g/mol. The highest BCUT2D eigenvalue weighted by molar-refractivity contribution is 5.90. The lowest BCUT2D eigenvalue weighted by molar-refractivity contribution is -0.304. The average Bonchev–Trinajstić information content (AvgIpc) is 3.18. The zero-order valence-electron chi connectivity index (χ0n) is 17.0. The Kier molecular flexibility index (Phi) is 6.80. The maximum absolute atomic E-state index is 11.9. The van der Waals surface area contributed by atoms with Gasteiger partial charge in [0, 0.05) is 55.8 Å². The molecule has 0 radical (unpaired) electrons. The quantitative estimate of drug-likeness (QED) is 0.734. The first kappa shape index (κ1) is 20.8. The normalized spacial score (nSPS) is 13.7. The summed E-state index contributed by atoms with van der Waals surface area (Å²) in [6.07, 6.45) is 4.60. The third-order valence-corrected chi connectivity index (χ3v) is 4.83. The molecular weight excluding hydrogens is 368 g/mol. The number of carbonyl (C=O) groups is 2. The second-order valence-corrected chi connectivity index (χ2v) is 7.90. The van der Waals surface area contributed by atoms with E-state index in [4.69, 9.17) is 0 Å². The van der Waals surface area contributed by atoms with Gasteiger partial charge in [-0.3, -0.25) is 4.79 Å². The van der Waals surface area contributed by atoms with E-state index in [0.29, 0.717) is 36.0 Å². The van der Waals surface area contributed by atoms with Crippen LogP contribution in [0, 0.1) is 5.92 Å². The van der Waals surface area contributed by atoms with Crippen molar-refractivity contribution >= 4 is 23.4 Å². The maximum Gasteiger partial charge on any atom is 0.224 e. The van der Waals surface area contributed by atoms with Gasteiger partial charge < -0.3 is 20.1 Å². The first-order valence-electron chi connectivity index (χ1n) is 10.1. The number of carboxylic acids is 1. The summed E-state index contributed by atoms with van der Waals surface area (Å²) in [5.74, 6) is 0.544. The number of amides is 1. The smallest absolute Gasteiger partial charge is 0.224 e. The van der Waals surface area contributed by atoms with E-state index >= 15 is 0 Å². The summed E-state index contributed by atoms with van der Waals surface area (Å²) in [5.41, 5.74) is 2.38. The van der Waals surface area contributed by atoms with Crippen molar-refractivity contribution in [3.8, 4) is 0 Å². The average molecular weight is 395 g/mol. The predicted octanol–water partition coefficient (Wildman–Crippen LogP) is 1.94. The number of hydrogen-bond acceptors (Lipinski definition) is 6. The molecular formula is C22H27N4O3-. The van der Waals surface area contributed by atoms with Crippen molar-refractivity contribution in [2.45, 2.75) is 46.0 Å². The van der Waals surface area contributed by atoms with Crippen LogP contribution in [0.15, 0.2) is 30.5 Å². The SMILES string of the molecule is CC(C)CC(=O)Nc1ccc(Cc2ncc(CC(=O)[O-])c(N3CCCC3)n2)cc1. The summed E-state index contributed by atoms with van der Waals surface area (Å²) in [6, 6.07) is 7.64. The van der Waals surface area contributed by atoms with E-state index < -0.39 is 5.97 Å². The molecule has 0 unspecified atom stereocenters. The van der Waals surface area contributed by atoms with Gasteiger partial charge in [0.05, 0.1) is 0 Å². The van der Waals surface area contributed by atoms with Gasteiger partial charge in [-0.15, -0.1) is 0 Å². The fourth-order valence-corrected chi connectivity index (χ4v) is 3.47. The van der Waals surface area contributed by atoms with E-state index in [9.17, 15) is 14.7 Å². The summed E-state index contributed by atoms with van der Waals surface area (Å²) in [6.45, 7) is 5.78. The Hall–Kier alpha value is -2.96. The van der Waals surface area contributed by atoms with E-state index in [0.717, 1.165) is 37.2 Å². The Morgan fingerprint density at radius 2 is 1.86 bits per heavy atom. The van der Waals surface area contributed by atoms with Crippen molar-refractivity contribution in [2.75, 3.05) is 23.3 Å². The molecule has 1 aliphatic heterocycles. The van der Waals surface area contributed by atoms with Crippen LogP contribution in [0.3, 0.4) is 0 Å². The largest absolute Gasteiger partial charge is 0.550 e. The van der Waals surface area contributed by atoms with Crippen LogP contribution in [0.5, 0.6) is 0 Å². The predicted molar refractivity (Wildman–Crippen MR) is 110 cm³/mol. The minimum absolute atomic E-state index is 0.00912. The minimum Gasteiger partial charge on any atom is -0.550 e. The van der Waals surface area contributed by atoms with Crippen molar-refractivity contribution in [1.29, 1.82) is 0 Å². The van der Waals surface area contributed by atoms with Crippen LogP contribution in [-0.4, -0.2) is 34.9 Å². The number of nitrogens with zero attached hydrogens (tertiary/aromatic N) is 3. The highest BCUT2D eigenvalue weighted by Crippen LogP contribution is 2.23. The van der Waals surface area contributed by atoms with Crippen LogP contribution in [0.2, 0.25) is 0 Å². The number of rotatable bonds is 8. The lowest BCUT2D eigenvalue weighted by atomic mass is 10.1. The van der Waals surface area contributed by atoms with Crippen molar-refractivity contribution in [1.82, 2.24) is 9.97 Å². The minimum atomic E-state index is -1.13. The number of benzene rings is 1. The Balaban J connectivity index is 1.71. The standard InChI is InChI=1S/C22H28N4O3/c1-15(2)11-20(27)24-18-7-5-16(6-8-18)12-19-23-14-17(13-21(28)29)22(25-19)26-9-3-4-10-26/h5-8,14-15H,3-4,9-13H2,1-2H3,(H,24,27)(H,28,29)/p-1. The Morgan fingerprint density at radius 1 is 1.17 bits per heavy atom. The van der Waals surface area contributed by atoms with Crippen molar-refractivity contribution in [3.05, 3.63) is 47.4 Å². The first-order valence-corrected chi connectivity index (χ1v) is 10.1. The van der Waals surface area contributed by atoms with E-state index in [2.05, 4.69) is 20.2 Å². The molecule has 3 rings (SSSR count). The molecule has 154 valence electrons. The second-order valence-electron chi connectivity index (χ2n) is 7.90. The second kappa shape index (κ2) is 9.49. The first-order chi connectivity index (χ1) is 13.9. The van der Waals surface area contributed by atoms with Gasteiger partial charge in [0.2, 0.25) is 5.91 Å².